The highest BCUT2D eigenvalue weighted by Crippen LogP contribution is 1.93. The molecule has 0 aromatic rings. The maximum absolute atomic E-state index is 5.49. The van der Waals surface area contributed by atoms with Gasteiger partial charge in [-0.3, -0.25) is 0 Å². The van der Waals surface area contributed by atoms with Gasteiger partial charge in [-0.25, -0.2) is 0 Å². The minimum atomic E-state index is 0.364. The van der Waals surface area contributed by atoms with Crippen molar-refractivity contribution in [3.05, 3.63) is 0 Å². The quantitative estimate of drug-likeness (QED) is 0.584. The Morgan fingerprint density at radius 1 is 1.18 bits per heavy atom. The average molecular weight is 243 g/mol. The van der Waals surface area contributed by atoms with E-state index in [1.807, 2.05) is 0 Å². The number of nitrogens with one attached hydrogen (secondary N) is 2. The second-order valence-corrected chi connectivity index (χ2v) is 4.97. The van der Waals surface area contributed by atoms with Crippen molar-refractivity contribution in [2.75, 3.05) is 52.4 Å². The molecule has 1 fully saturated rings. The smallest absolute Gasteiger partial charge is 0.0518 e. The summed E-state index contributed by atoms with van der Waals surface area (Å²) in [7, 11) is 0. The summed E-state index contributed by atoms with van der Waals surface area (Å²) in [6.07, 6.45) is 2.74. The van der Waals surface area contributed by atoms with E-state index in [1.54, 1.807) is 0 Å². The van der Waals surface area contributed by atoms with E-state index >= 15 is 0 Å². The van der Waals surface area contributed by atoms with E-state index in [9.17, 15) is 0 Å². The standard InChI is InChI=1S/C13H29N3O/c1-13(2)17-12-4-6-14-5-3-9-16-10-7-15-8-11-16/h13-15H,3-12H2,1-2H3. The normalized spacial score (nSPS) is 17.8. The molecule has 0 spiro atoms. The van der Waals surface area contributed by atoms with Crippen LogP contribution >= 0.6 is 0 Å². The summed E-state index contributed by atoms with van der Waals surface area (Å²) < 4.78 is 5.49. The first-order valence-corrected chi connectivity index (χ1v) is 7.04. The lowest BCUT2D eigenvalue weighted by Gasteiger charge is -2.27. The van der Waals surface area contributed by atoms with Gasteiger partial charge in [0.05, 0.1) is 6.10 Å². The summed E-state index contributed by atoms with van der Waals surface area (Å²) >= 11 is 0. The summed E-state index contributed by atoms with van der Waals surface area (Å²) in [6.45, 7) is 13.2. The van der Waals surface area contributed by atoms with Crippen LogP contribution in [0, 0.1) is 0 Å². The Hall–Kier alpha value is -0.160. The van der Waals surface area contributed by atoms with Gasteiger partial charge in [-0.05, 0) is 46.3 Å². The SMILES string of the molecule is CC(C)OCCCNCCCN1CCNCC1. The van der Waals surface area contributed by atoms with Gasteiger partial charge in [0.25, 0.3) is 0 Å². The molecule has 1 aliphatic rings. The maximum Gasteiger partial charge on any atom is 0.0518 e. The predicted octanol–water partition coefficient (Wildman–Crippen LogP) is 0.686. The summed E-state index contributed by atoms with van der Waals surface area (Å²) in [4.78, 5) is 2.54. The van der Waals surface area contributed by atoms with Gasteiger partial charge >= 0.3 is 0 Å². The summed E-state index contributed by atoms with van der Waals surface area (Å²) in [5.41, 5.74) is 0. The molecule has 0 bridgehead atoms. The summed E-state index contributed by atoms with van der Waals surface area (Å²) in [5, 5.41) is 6.85. The van der Waals surface area contributed by atoms with E-state index in [1.165, 1.54) is 26.1 Å². The number of hydrogen-bond acceptors (Lipinski definition) is 4. The third kappa shape index (κ3) is 8.55. The zero-order chi connectivity index (χ0) is 12.3. The molecule has 0 radical (unpaired) electrons. The molecule has 1 rings (SSSR count). The lowest BCUT2D eigenvalue weighted by Crippen LogP contribution is -2.44. The van der Waals surface area contributed by atoms with E-state index in [2.05, 4.69) is 29.4 Å². The molecule has 102 valence electrons. The Morgan fingerprint density at radius 3 is 2.59 bits per heavy atom. The van der Waals surface area contributed by atoms with Gasteiger partial charge in [-0.1, -0.05) is 0 Å². The van der Waals surface area contributed by atoms with Gasteiger partial charge in [-0.15, -0.1) is 0 Å². The van der Waals surface area contributed by atoms with E-state index in [0.29, 0.717) is 6.10 Å². The summed E-state index contributed by atoms with van der Waals surface area (Å²) in [5.74, 6) is 0. The molecular weight excluding hydrogens is 214 g/mol. The van der Waals surface area contributed by atoms with Crippen LogP contribution < -0.4 is 10.6 Å². The van der Waals surface area contributed by atoms with Gasteiger partial charge in [0.15, 0.2) is 0 Å². The van der Waals surface area contributed by atoms with E-state index in [-0.39, 0.29) is 0 Å². The fraction of sp³-hybridized carbons (Fsp3) is 1.00. The average Bonchev–Trinajstić information content (AvgIpc) is 2.33. The summed E-state index contributed by atoms with van der Waals surface area (Å²) in [6, 6.07) is 0. The van der Waals surface area contributed by atoms with Crippen LogP contribution in [0.15, 0.2) is 0 Å². The van der Waals surface area contributed by atoms with Crippen LogP contribution in [-0.4, -0.2) is 63.4 Å². The van der Waals surface area contributed by atoms with Crippen molar-refractivity contribution in [2.24, 2.45) is 0 Å². The van der Waals surface area contributed by atoms with Gasteiger partial charge in [-0.2, -0.15) is 0 Å². The van der Waals surface area contributed by atoms with Gasteiger partial charge in [0.1, 0.15) is 0 Å². The van der Waals surface area contributed by atoms with Crippen LogP contribution in [0.3, 0.4) is 0 Å². The molecule has 17 heavy (non-hydrogen) atoms. The maximum atomic E-state index is 5.49. The molecule has 2 N–H and O–H groups in total. The van der Waals surface area contributed by atoms with Crippen molar-refractivity contribution in [1.82, 2.24) is 15.5 Å². The second kappa shape index (κ2) is 9.83. The molecule has 0 aromatic heterocycles. The highest BCUT2D eigenvalue weighted by molar-refractivity contribution is 4.67. The molecule has 1 aliphatic heterocycles. The van der Waals surface area contributed by atoms with Crippen LogP contribution in [0.1, 0.15) is 26.7 Å². The van der Waals surface area contributed by atoms with Crippen molar-refractivity contribution < 1.29 is 4.74 Å². The van der Waals surface area contributed by atoms with Crippen molar-refractivity contribution in [1.29, 1.82) is 0 Å². The van der Waals surface area contributed by atoms with E-state index < -0.39 is 0 Å². The Labute approximate surface area is 106 Å². The first-order chi connectivity index (χ1) is 8.29. The van der Waals surface area contributed by atoms with Crippen molar-refractivity contribution in [3.8, 4) is 0 Å². The Bertz CT molecular complexity index is 170. The van der Waals surface area contributed by atoms with Crippen molar-refractivity contribution in [3.63, 3.8) is 0 Å². The Balaban J connectivity index is 1.78. The largest absolute Gasteiger partial charge is 0.379 e. The third-order valence-corrected chi connectivity index (χ3v) is 2.99. The van der Waals surface area contributed by atoms with E-state index in [0.717, 1.165) is 39.2 Å². The Morgan fingerprint density at radius 2 is 1.88 bits per heavy atom. The monoisotopic (exact) mass is 243 g/mol. The lowest BCUT2D eigenvalue weighted by molar-refractivity contribution is 0.0771. The van der Waals surface area contributed by atoms with E-state index in [4.69, 9.17) is 4.74 Å². The number of ether oxygens (including phenoxy) is 1. The minimum absolute atomic E-state index is 0.364. The highest BCUT2D eigenvalue weighted by Gasteiger charge is 2.07. The molecule has 4 nitrogen and oxygen atoms in total. The number of rotatable bonds is 9. The van der Waals surface area contributed by atoms with Gasteiger partial charge in [0, 0.05) is 32.8 Å². The zero-order valence-corrected chi connectivity index (χ0v) is 11.5. The predicted molar refractivity (Wildman–Crippen MR) is 72.5 cm³/mol. The molecule has 0 saturated carbocycles. The molecule has 4 heteroatoms. The third-order valence-electron chi connectivity index (χ3n) is 2.99. The molecule has 0 unspecified atom stereocenters. The highest BCUT2D eigenvalue weighted by atomic mass is 16.5. The first kappa shape index (κ1) is 14.9. The number of nitrogens with zero attached hydrogens (tertiary/aromatic N) is 1. The topological polar surface area (TPSA) is 36.5 Å². The fourth-order valence-electron chi connectivity index (χ4n) is 2.00. The van der Waals surface area contributed by atoms with Crippen LogP contribution in [-0.2, 0) is 4.74 Å². The van der Waals surface area contributed by atoms with Gasteiger partial charge < -0.3 is 20.3 Å². The van der Waals surface area contributed by atoms with Crippen LogP contribution in [0.5, 0.6) is 0 Å². The molecule has 1 saturated heterocycles. The molecular formula is C13H29N3O. The molecule has 1 heterocycles. The number of piperazine rings is 1. The van der Waals surface area contributed by atoms with Crippen molar-refractivity contribution in [2.45, 2.75) is 32.8 Å². The molecule has 0 aliphatic carbocycles. The second-order valence-electron chi connectivity index (χ2n) is 4.97. The lowest BCUT2D eigenvalue weighted by atomic mass is 10.3. The van der Waals surface area contributed by atoms with Crippen LogP contribution in [0.4, 0.5) is 0 Å². The number of hydrogen-bond donors (Lipinski definition) is 2. The van der Waals surface area contributed by atoms with Crippen LogP contribution in [0.2, 0.25) is 0 Å². The Kier molecular flexibility index (Phi) is 8.61. The molecule has 0 atom stereocenters. The van der Waals surface area contributed by atoms with Crippen LogP contribution in [0.25, 0.3) is 0 Å². The molecule has 0 amide bonds. The first-order valence-electron chi connectivity index (χ1n) is 7.04. The minimum Gasteiger partial charge on any atom is -0.379 e. The van der Waals surface area contributed by atoms with Gasteiger partial charge in [0.2, 0.25) is 0 Å². The molecule has 0 aromatic carbocycles. The fourth-order valence-corrected chi connectivity index (χ4v) is 2.00. The zero-order valence-electron chi connectivity index (χ0n) is 11.5. The van der Waals surface area contributed by atoms with Crippen molar-refractivity contribution >= 4 is 0 Å².